The van der Waals surface area contributed by atoms with Gasteiger partial charge in [0.25, 0.3) is 0 Å². The van der Waals surface area contributed by atoms with Gasteiger partial charge in [0.2, 0.25) is 0 Å². The van der Waals surface area contributed by atoms with Crippen LogP contribution in [-0.2, 0) is 6.42 Å². The molecule has 2 aromatic rings. The van der Waals surface area contributed by atoms with Gasteiger partial charge in [-0.2, -0.15) is 11.3 Å². The van der Waals surface area contributed by atoms with Crippen LogP contribution in [0.4, 0.5) is 0 Å². The smallest absolute Gasteiger partial charge is 0.0300 e. The Bertz CT molecular complexity index is 434. The van der Waals surface area contributed by atoms with Gasteiger partial charge in [-0.15, -0.1) is 0 Å². The summed E-state index contributed by atoms with van der Waals surface area (Å²) in [6.07, 6.45) is 2.08. The first kappa shape index (κ1) is 11.4. The zero-order valence-electron chi connectivity index (χ0n) is 9.52. The van der Waals surface area contributed by atoms with Gasteiger partial charge in [0.15, 0.2) is 0 Å². The number of hydrogen-bond donors (Lipinski definition) is 1. The fraction of sp³-hybridized carbons (Fsp3) is 0.286. The summed E-state index contributed by atoms with van der Waals surface area (Å²) in [4.78, 5) is 0. The first-order chi connectivity index (χ1) is 7.77. The van der Waals surface area contributed by atoms with Crippen LogP contribution in [0.15, 0.2) is 41.1 Å². The lowest BCUT2D eigenvalue weighted by molar-refractivity contribution is 0.648. The Labute approximate surface area is 101 Å². The molecule has 0 saturated heterocycles. The second-order valence-electron chi connectivity index (χ2n) is 4.13. The second-order valence-corrected chi connectivity index (χ2v) is 4.91. The van der Waals surface area contributed by atoms with Gasteiger partial charge in [-0.25, -0.2) is 0 Å². The van der Waals surface area contributed by atoms with Crippen LogP contribution >= 0.6 is 11.3 Å². The maximum absolute atomic E-state index is 6.22. The third-order valence-corrected chi connectivity index (χ3v) is 3.64. The highest BCUT2D eigenvalue weighted by molar-refractivity contribution is 7.07. The molecule has 0 aliphatic carbocycles. The van der Waals surface area contributed by atoms with Gasteiger partial charge in [0, 0.05) is 6.04 Å². The highest BCUT2D eigenvalue weighted by Gasteiger charge is 2.08. The Morgan fingerprint density at radius 1 is 1.25 bits per heavy atom. The summed E-state index contributed by atoms with van der Waals surface area (Å²) in [6, 6.07) is 10.7. The lowest BCUT2D eigenvalue weighted by Gasteiger charge is -2.14. The van der Waals surface area contributed by atoms with Crippen molar-refractivity contribution in [3.8, 4) is 0 Å². The highest BCUT2D eigenvalue weighted by Crippen LogP contribution is 2.20. The largest absolute Gasteiger partial charge is 0.324 e. The Morgan fingerprint density at radius 3 is 2.75 bits per heavy atom. The molecule has 2 heteroatoms. The molecule has 1 heterocycles. The molecule has 0 amide bonds. The molecule has 1 aromatic carbocycles. The fourth-order valence-electron chi connectivity index (χ4n) is 1.92. The summed E-state index contributed by atoms with van der Waals surface area (Å²) in [6.45, 7) is 2.12. The van der Waals surface area contributed by atoms with Crippen LogP contribution in [0.3, 0.4) is 0 Å². The Morgan fingerprint density at radius 2 is 2.06 bits per heavy atom. The normalized spacial score (nSPS) is 12.6. The molecule has 0 fully saturated rings. The lowest BCUT2D eigenvalue weighted by atomic mass is 9.97. The van der Waals surface area contributed by atoms with Crippen LogP contribution in [0.1, 0.15) is 29.2 Å². The van der Waals surface area contributed by atoms with Crippen LogP contribution in [0.5, 0.6) is 0 Å². The van der Waals surface area contributed by atoms with Gasteiger partial charge < -0.3 is 5.73 Å². The van der Waals surface area contributed by atoms with Crippen LogP contribution in [-0.4, -0.2) is 0 Å². The topological polar surface area (TPSA) is 26.0 Å². The molecule has 1 unspecified atom stereocenters. The van der Waals surface area contributed by atoms with E-state index in [2.05, 4.69) is 48.0 Å². The van der Waals surface area contributed by atoms with Crippen LogP contribution < -0.4 is 5.73 Å². The summed E-state index contributed by atoms with van der Waals surface area (Å²) >= 11 is 1.75. The molecular formula is C14H17NS. The van der Waals surface area contributed by atoms with Crippen molar-refractivity contribution in [3.05, 3.63) is 57.8 Å². The van der Waals surface area contributed by atoms with Crippen molar-refractivity contribution < 1.29 is 0 Å². The number of hydrogen-bond acceptors (Lipinski definition) is 2. The van der Waals surface area contributed by atoms with Gasteiger partial charge >= 0.3 is 0 Å². The van der Waals surface area contributed by atoms with E-state index in [1.54, 1.807) is 11.3 Å². The highest BCUT2D eigenvalue weighted by atomic mass is 32.1. The van der Waals surface area contributed by atoms with Gasteiger partial charge in [0.1, 0.15) is 0 Å². The maximum atomic E-state index is 6.22. The van der Waals surface area contributed by atoms with Crippen LogP contribution in [0.25, 0.3) is 0 Å². The SMILES string of the molecule is Cc1ccccc1C(N)CCc1ccsc1. The van der Waals surface area contributed by atoms with E-state index in [4.69, 9.17) is 5.73 Å². The minimum absolute atomic E-state index is 0.154. The van der Waals surface area contributed by atoms with E-state index in [-0.39, 0.29) is 6.04 Å². The number of benzene rings is 1. The first-order valence-corrected chi connectivity index (χ1v) is 6.54. The standard InChI is InChI=1S/C14H17NS/c1-11-4-2-3-5-13(11)14(15)7-6-12-8-9-16-10-12/h2-5,8-10,14H,6-7,15H2,1H3. The van der Waals surface area contributed by atoms with Gasteiger partial charge in [-0.1, -0.05) is 24.3 Å². The predicted molar refractivity (Wildman–Crippen MR) is 70.7 cm³/mol. The molecule has 1 atom stereocenters. The minimum Gasteiger partial charge on any atom is -0.324 e. The Hall–Kier alpha value is -1.12. The average molecular weight is 231 g/mol. The maximum Gasteiger partial charge on any atom is 0.0300 e. The number of nitrogens with two attached hydrogens (primary N) is 1. The molecule has 1 aromatic heterocycles. The molecular weight excluding hydrogens is 214 g/mol. The van der Waals surface area contributed by atoms with Crippen molar-refractivity contribution in [2.24, 2.45) is 5.73 Å². The summed E-state index contributed by atoms with van der Waals surface area (Å²) in [5, 5.41) is 4.32. The number of thiophene rings is 1. The number of aryl methyl sites for hydroxylation is 2. The van der Waals surface area contributed by atoms with Crippen LogP contribution in [0.2, 0.25) is 0 Å². The molecule has 0 spiro atoms. The summed E-state index contributed by atoms with van der Waals surface area (Å²) in [7, 11) is 0. The predicted octanol–water partition coefficient (Wildman–Crippen LogP) is 3.69. The van der Waals surface area contributed by atoms with E-state index in [0.717, 1.165) is 12.8 Å². The molecule has 0 radical (unpaired) electrons. The number of rotatable bonds is 4. The molecule has 2 rings (SSSR count). The quantitative estimate of drug-likeness (QED) is 0.853. The molecule has 0 saturated carbocycles. The van der Waals surface area contributed by atoms with Crippen molar-refractivity contribution in [2.75, 3.05) is 0 Å². The fourth-order valence-corrected chi connectivity index (χ4v) is 2.62. The van der Waals surface area contributed by atoms with E-state index in [0.29, 0.717) is 0 Å². The van der Waals surface area contributed by atoms with Gasteiger partial charge in [-0.05, 0) is 53.3 Å². The van der Waals surface area contributed by atoms with Crippen molar-refractivity contribution >= 4 is 11.3 Å². The average Bonchev–Trinajstić information content (AvgIpc) is 2.79. The van der Waals surface area contributed by atoms with E-state index in [1.165, 1.54) is 16.7 Å². The van der Waals surface area contributed by atoms with Crippen molar-refractivity contribution in [2.45, 2.75) is 25.8 Å². The molecule has 0 aliphatic heterocycles. The molecule has 84 valence electrons. The van der Waals surface area contributed by atoms with E-state index in [1.807, 2.05) is 0 Å². The summed E-state index contributed by atoms with van der Waals surface area (Å²) in [5.74, 6) is 0. The minimum atomic E-state index is 0.154. The lowest BCUT2D eigenvalue weighted by Crippen LogP contribution is -2.12. The zero-order valence-corrected chi connectivity index (χ0v) is 10.3. The third kappa shape index (κ3) is 2.71. The van der Waals surface area contributed by atoms with Crippen molar-refractivity contribution in [3.63, 3.8) is 0 Å². The van der Waals surface area contributed by atoms with Crippen LogP contribution in [0, 0.1) is 6.92 Å². The van der Waals surface area contributed by atoms with E-state index < -0.39 is 0 Å². The first-order valence-electron chi connectivity index (χ1n) is 5.59. The molecule has 16 heavy (non-hydrogen) atoms. The third-order valence-electron chi connectivity index (χ3n) is 2.91. The second kappa shape index (κ2) is 5.28. The van der Waals surface area contributed by atoms with E-state index in [9.17, 15) is 0 Å². The van der Waals surface area contributed by atoms with Gasteiger partial charge in [-0.3, -0.25) is 0 Å². The van der Waals surface area contributed by atoms with Crippen molar-refractivity contribution in [1.82, 2.24) is 0 Å². The zero-order chi connectivity index (χ0) is 11.4. The Balaban J connectivity index is 1.98. The van der Waals surface area contributed by atoms with Crippen molar-refractivity contribution in [1.29, 1.82) is 0 Å². The Kier molecular flexibility index (Phi) is 3.75. The molecule has 2 N–H and O–H groups in total. The monoisotopic (exact) mass is 231 g/mol. The summed E-state index contributed by atoms with van der Waals surface area (Å²) in [5.41, 5.74) is 10.2. The van der Waals surface area contributed by atoms with E-state index >= 15 is 0 Å². The molecule has 1 nitrogen and oxygen atoms in total. The summed E-state index contributed by atoms with van der Waals surface area (Å²) < 4.78 is 0. The molecule has 0 bridgehead atoms. The molecule has 0 aliphatic rings. The van der Waals surface area contributed by atoms with Gasteiger partial charge in [0.05, 0.1) is 0 Å².